The van der Waals surface area contributed by atoms with Gasteiger partial charge in [-0.15, -0.1) is 0 Å². The number of carbonyl (C=O) groups is 1. The molecular formula is C11H15N3O4. The molecule has 0 aromatic carbocycles. The highest BCUT2D eigenvalue weighted by molar-refractivity contribution is 5.86. The molecule has 0 spiro atoms. The van der Waals surface area contributed by atoms with Crippen molar-refractivity contribution in [1.82, 2.24) is 14.9 Å². The Kier molecular flexibility index (Phi) is 3.61. The zero-order chi connectivity index (χ0) is 13.1. The Labute approximate surface area is 102 Å². The normalized spacial score (nSPS) is 19.7. The maximum absolute atomic E-state index is 11.6. The number of aromatic carboxylic acids is 1. The molecule has 1 aromatic heterocycles. The van der Waals surface area contributed by atoms with Gasteiger partial charge >= 0.3 is 11.7 Å². The molecule has 0 aliphatic carbocycles. The number of rotatable bonds is 3. The molecule has 98 valence electrons. The van der Waals surface area contributed by atoms with E-state index in [1.165, 1.54) is 4.57 Å². The third-order valence-corrected chi connectivity index (χ3v) is 3.10. The molecule has 0 radical (unpaired) electrons. The SMILES string of the molecule is O=C(O)c1cn(C[C@H]2CCCNC2)c(=O)[nH]c1=O. The van der Waals surface area contributed by atoms with Crippen LogP contribution in [0, 0.1) is 5.92 Å². The van der Waals surface area contributed by atoms with Gasteiger partial charge in [0.25, 0.3) is 5.56 Å². The quantitative estimate of drug-likeness (QED) is 0.656. The molecule has 18 heavy (non-hydrogen) atoms. The van der Waals surface area contributed by atoms with Crippen LogP contribution in [0.2, 0.25) is 0 Å². The lowest BCUT2D eigenvalue weighted by atomic mass is 10.00. The van der Waals surface area contributed by atoms with Crippen LogP contribution < -0.4 is 16.6 Å². The highest BCUT2D eigenvalue weighted by atomic mass is 16.4. The average molecular weight is 253 g/mol. The first-order chi connectivity index (χ1) is 8.58. The first-order valence-corrected chi connectivity index (χ1v) is 5.85. The zero-order valence-corrected chi connectivity index (χ0v) is 9.81. The van der Waals surface area contributed by atoms with Crippen LogP contribution in [-0.2, 0) is 6.54 Å². The summed E-state index contributed by atoms with van der Waals surface area (Å²) in [7, 11) is 0. The second-order valence-electron chi connectivity index (χ2n) is 4.47. The van der Waals surface area contributed by atoms with Crippen LogP contribution in [-0.4, -0.2) is 33.7 Å². The van der Waals surface area contributed by atoms with Crippen molar-refractivity contribution in [3.8, 4) is 0 Å². The second-order valence-corrected chi connectivity index (χ2v) is 4.47. The summed E-state index contributed by atoms with van der Waals surface area (Å²) in [5.74, 6) is -1.05. The van der Waals surface area contributed by atoms with Gasteiger partial charge in [-0.3, -0.25) is 14.3 Å². The van der Waals surface area contributed by atoms with Gasteiger partial charge in [0.05, 0.1) is 0 Å². The van der Waals surface area contributed by atoms with Crippen molar-refractivity contribution in [2.75, 3.05) is 13.1 Å². The summed E-state index contributed by atoms with van der Waals surface area (Å²) in [6.07, 6.45) is 3.15. The number of nitrogens with zero attached hydrogens (tertiary/aromatic N) is 1. The largest absolute Gasteiger partial charge is 0.477 e. The molecule has 1 aliphatic heterocycles. The van der Waals surface area contributed by atoms with Crippen molar-refractivity contribution in [3.63, 3.8) is 0 Å². The predicted octanol–water partition coefficient (Wildman–Crippen LogP) is -0.766. The number of aromatic amines is 1. The summed E-state index contributed by atoms with van der Waals surface area (Å²) in [6, 6.07) is 0. The van der Waals surface area contributed by atoms with Gasteiger partial charge in [0.2, 0.25) is 0 Å². The van der Waals surface area contributed by atoms with Crippen LogP contribution in [0.25, 0.3) is 0 Å². The Morgan fingerprint density at radius 2 is 2.28 bits per heavy atom. The molecule has 1 atom stereocenters. The zero-order valence-electron chi connectivity index (χ0n) is 9.81. The van der Waals surface area contributed by atoms with E-state index >= 15 is 0 Å². The fraction of sp³-hybridized carbons (Fsp3) is 0.545. The number of piperidine rings is 1. The molecule has 1 saturated heterocycles. The van der Waals surface area contributed by atoms with E-state index in [4.69, 9.17) is 5.11 Å². The lowest BCUT2D eigenvalue weighted by molar-refractivity contribution is 0.0693. The van der Waals surface area contributed by atoms with Crippen LogP contribution in [0.4, 0.5) is 0 Å². The van der Waals surface area contributed by atoms with Gasteiger partial charge in [-0.25, -0.2) is 9.59 Å². The summed E-state index contributed by atoms with van der Waals surface area (Å²) in [5.41, 5.74) is -1.82. The smallest absolute Gasteiger partial charge is 0.342 e. The Morgan fingerprint density at radius 1 is 1.50 bits per heavy atom. The molecule has 2 rings (SSSR count). The fourth-order valence-corrected chi connectivity index (χ4v) is 2.16. The van der Waals surface area contributed by atoms with Crippen molar-refractivity contribution in [2.24, 2.45) is 5.92 Å². The highest BCUT2D eigenvalue weighted by Gasteiger charge is 2.16. The van der Waals surface area contributed by atoms with Gasteiger partial charge in [-0.1, -0.05) is 0 Å². The summed E-state index contributed by atoms with van der Waals surface area (Å²) in [4.78, 5) is 35.7. The minimum atomic E-state index is -1.33. The summed E-state index contributed by atoms with van der Waals surface area (Å²) < 4.78 is 1.27. The molecule has 2 heterocycles. The molecule has 7 heteroatoms. The third-order valence-electron chi connectivity index (χ3n) is 3.10. The summed E-state index contributed by atoms with van der Waals surface area (Å²) in [6.45, 7) is 2.19. The van der Waals surface area contributed by atoms with Crippen LogP contribution in [0.3, 0.4) is 0 Å². The number of aromatic nitrogens is 2. The summed E-state index contributed by atoms with van der Waals surface area (Å²) in [5, 5.41) is 12.1. The van der Waals surface area contributed by atoms with E-state index in [0.717, 1.165) is 32.1 Å². The van der Waals surface area contributed by atoms with E-state index in [-0.39, 0.29) is 5.92 Å². The van der Waals surface area contributed by atoms with Crippen LogP contribution >= 0.6 is 0 Å². The molecule has 0 bridgehead atoms. The van der Waals surface area contributed by atoms with E-state index < -0.39 is 22.8 Å². The monoisotopic (exact) mass is 253 g/mol. The van der Waals surface area contributed by atoms with E-state index in [1.807, 2.05) is 4.98 Å². The topological polar surface area (TPSA) is 104 Å². The molecular weight excluding hydrogens is 238 g/mol. The van der Waals surface area contributed by atoms with Gasteiger partial charge in [0.1, 0.15) is 5.56 Å². The summed E-state index contributed by atoms with van der Waals surface area (Å²) >= 11 is 0. The Morgan fingerprint density at radius 3 is 2.89 bits per heavy atom. The van der Waals surface area contributed by atoms with Gasteiger partial charge in [-0.2, -0.15) is 0 Å². The van der Waals surface area contributed by atoms with Crippen LogP contribution in [0.5, 0.6) is 0 Å². The van der Waals surface area contributed by atoms with Gasteiger partial charge < -0.3 is 10.4 Å². The molecule has 0 amide bonds. The third kappa shape index (κ3) is 2.67. The van der Waals surface area contributed by atoms with E-state index in [2.05, 4.69) is 5.32 Å². The number of hydrogen-bond acceptors (Lipinski definition) is 4. The molecule has 0 unspecified atom stereocenters. The number of carboxylic acid groups (broad SMARTS) is 1. The predicted molar refractivity (Wildman–Crippen MR) is 63.9 cm³/mol. The van der Waals surface area contributed by atoms with Crippen LogP contribution in [0.15, 0.2) is 15.8 Å². The number of hydrogen-bond donors (Lipinski definition) is 3. The van der Waals surface area contributed by atoms with Crippen molar-refractivity contribution in [2.45, 2.75) is 19.4 Å². The Bertz CT molecular complexity index is 554. The molecule has 3 N–H and O–H groups in total. The van der Waals surface area contributed by atoms with Gasteiger partial charge in [-0.05, 0) is 31.8 Å². The first-order valence-electron chi connectivity index (χ1n) is 5.85. The number of carboxylic acids is 1. The maximum Gasteiger partial charge on any atom is 0.342 e. The molecule has 1 fully saturated rings. The van der Waals surface area contributed by atoms with Gasteiger partial charge in [0, 0.05) is 12.7 Å². The highest BCUT2D eigenvalue weighted by Crippen LogP contribution is 2.11. The van der Waals surface area contributed by atoms with Crippen molar-refractivity contribution in [1.29, 1.82) is 0 Å². The minimum Gasteiger partial charge on any atom is -0.477 e. The van der Waals surface area contributed by atoms with E-state index in [9.17, 15) is 14.4 Å². The average Bonchev–Trinajstić information content (AvgIpc) is 2.33. The standard InChI is InChI=1S/C11H15N3O4/c15-9-8(10(16)17)6-14(11(18)13-9)5-7-2-1-3-12-4-7/h6-7,12H,1-5H2,(H,16,17)(H,13,15,18)/t7-/m0/s1. The molecule has 1 aromatic rings. The molecule has 1 aliphatic rings. The maximum atomic E-state index is 11.6. The lowest BCUT2D eigenvalue weighted by Crippen LogP contribution is -2.38. The van der Waals surface area contributed by atoms with Crippen LogP contribution in [0.1, 0.15) is 23.2 Å². The van der Waals surface area contributed by atoms with Gasteiger partial charge in [0.15, 0.2) is 0 Å². The second kappa shape index (κ2) is 5.18. The molecule has 7 nitrogen and oxygen atoms in total. The lowest BCUT2D eigenvalue weighted by Gasteiger charge is -2.23. The number of H-pyrrole nitrogens is 1. The van der Waals surface area contributed by atoms with Crippen molar-refractivity contribution in [3.05, 3.63) is 32.6 Å². The first kappa shape index (κ1) is 12.6. The Balaban J connectivity index is 2.26. The number of nitrogens with one attached hydrogen (secondary N) is 2. The van der Waals surface area contributed by atoms with Crippen molar-refractivity contribution < 1.29 is 9.90 Å². The van der Waals surface area contributed by atoms with E-state index in [0.29, 0.717) is 6.54 Å². The van der Waals surface area contributed by atoms with Crippen molar-refractivity contribution >= 4 is 5.97 Å². The fourth-order valence-electron chi connectivity index (χ4n) is 2.16. The molecule has 0 saturated carbocycles. The Hall–Kier alpha value is -1.89. The van der Waals surface area contributed by atoms with E-state index in [1.54, 1.807) is 0 Å². The minimum absolute atomic E-state index is 0.281.